The summed E-state index contributed by atoms with van der Waals surface area (Å²) in [5.41, 5.74) is 1.43. The molecule has 0 bridgehead atoms. The Bertz CT molecular complexity index is 1020. The maximum atomic E-state index is 12.8. The van der Waals surface area contributed by atoms with Gasteiger partial charge in [0.1, 0.15) is 19.0 Å². The van der Waals surface area contributed by atoms with Crippen molar-refractivity contribution in [2.45, 2.75) is 13.0 Å². The smallest absolute Gasteiger partial charge is 0.227 e. The molecule has 0 radical (unpaired) electrons. The van der Waals surface area contributed by atoms with Gasteiger partial charge < -0.3 is 33.9 Å². The minimum Gasteiger partial charge on any atom is -0.496 e. The molecule has 9 heteroatoms. The average molecular weight is 442 g/mol. The highest BCUT2D eigenvalue weighted by Crippen LogP contribution is 2.37. The second-order valence-corrected chi connectivity index (χ2v) is 7.47. The van der Waals surface area contributed by atoms with Gasteiger partial charge in [0, 0.05) is 42.9 Å². The van der Waals surface area contributed by atoms with Crippen LogP contribution in [0, 0.1) is 5.92 Å². The van der Waals surface area contributed by atoms with E-state index >= 15 is 0 Å². The number of nitrogens with one attached hydrogen (secondary N) is 1. The predicted octanol–water partition coefficient (Wildman–Crippen LogP) is 2.15. The lowest BCUT2D eigenvalue weighted by atomic mass is 10.1. The number of carbonyl (C=O) groups excluding carboxylic acids is 2. The van der Waals surface area contributed by atoms with Crippen LogP contribution in [0.25, 0.3) is 0 Å². The second kappa shape index (κ2) is 9.25. The Hall–Kier alpha value is -3.62. The molecule has 2 aliphatic rings. The number of hydrogen-bond acceptors (Lipinski definition) is 7. The first-order chi connectivity index (χ1) is 15.5. The van der Waals surface area contributed by atoms with E-state index in [0.717, 1.165) is 5.56 Å². The van der Waals surface area contributed by atoms with Crippen molar-refractivity contribution in [3.63, 3.8) is 0 Å². The molecule has 1 saturated heterocycles. The van der Waals surface area contributed by atoms with Gasteiger partial charge in [0.05, 0.1) is 27.2 Å². The Morgan fingerprint density at radius 3 is 2.41 bits per heavy atom. The SMILES string of the molecule is COc1cc(OC)c(OC)cc1CNC(=O)[C@@H]1CC(=O)N(c2ccc3c(c2)OCCO3)C1. The van der Waals surface area contributed by atoms with Crippen LogP contribution in [0.4, 0.5) is 5.69 Å². The van der Waals surface area contributed by atoms with E-state index in [-0.39, 0.29) is 24.8 Å². The Morgan fingerprint density at radius 1 is 1.00 bits per heavy atom. The molecule has 2 aliphatic heterocycles. The predicted molar refractivity (Wildman–Crippen MR) is 116 cm³/mol. The van der Waals surface area contributed by atoms with Gasteiger partial charge in [-0.2, -0.15) is 0 Å². The number of ether oxygens (including phenoxy) is 5. The van der Waals surface area contributed by atoms with Crippen molar-refractivity contribution in [3.05, 3.63) is 35.9 Å². The fourth-order valence-electron chi connectivity index (χ4n) is 3.89. The first-order valence-corrected chi connectivity index (χ1v) is 10.3. The van der Waals surface area contributed by atoms with Gasteiger partial charge in [-0.05, 0) is 18.2 Å². The van der Waals surface area contributed by atoms with Crippen LogP contribution in [0.3, 0.4) is 0 Å². The summed E-state index contributed by atoms with van der Waals surface area (Å²) in [4.78, 5) is 27.0. The van der Waals surface area contributed by atoms with Gasteiger partial charge in [0.2, 0.25) is 11.8 Å². The van der Waals surface area contributed by atoms with E-state index in [1.165, 1.54) is 0 Å². The van der Waals surface area contributed by atoms with Crippen LogP contribution in [0.5, 0.6) is 28.7 Å². The molecule has 2 amide bonds. The lowest BCUT2D eigenvalue weighted by Gasteiger charge is -2.22. The molecular formula is C23H26N2O7. The first kappa shape index (κ1) is 21.6. The third kappa shape index (κ3) is 4.23. The van der Waals surface area contributed by atoms with Gasteiger partial charge in [-0.15, -0.1) is 0 Å². The van der Waals surface area contributed by atoms with Crippen LogP contribution in [0.2, 0.25) is 0 Å². The number of nitrogens with zero attached hydrogens (tertiary/aromatic N) is 1. The molecule has 0 aliphatic carbocycles. The van der Waals surface area contributed by atoms with E-state index in [4.69, 9.17) is 23.7 Å². The van der Waals surface area contributed by atoms with Crippen molar-refractivity contribution in [2.24, 2.45) is 5.92 Å². The third-order valence-corrected chi connectivity index (χ3v) is 5.57. The minimum atomic E-state index is -0.457. The number of hydrogen-bond donors (Lipinski definition) is 1. The third-order valence-electron chi connectivity index (χ3n) is 5.57. The van der Waals surface area contributed by atoms with E-state index in [1.807, 2.05) is 0 Å². The van der Waals surface area contributed by atoms with Crippen molar-refractivity contribution in [2.75, 3.05) is 46.0 Å². The van der Waals surface area contributed by atoms with E-state index in [1.54, 1.807) is 56.6 Å². The maximum Gasteiger partial charge on any atom is 0.227 e. The lowest BCUT2D eigenvalue weighted by molar-refractivity contribution is -0.126. The molecule has 32 heavy (non-hydrogen) atoms. The first-order valence-electron chi connectivity index (χ1n) is 10.3. The fraction of sp³-hybridized carbons (Fsp3) is 0.391. The van der Waals surface area contributed by atoms with Gasteiger partial charge in [-0.3, -0.25) is 9.59 Å². The van der Waals surface area contributed by atoms with E-state index in [9.17, 15) is 9.59 Å². The monoisotopic (exact) mass is 442 g/mol. The van der Waals surface area contributed by atoms with Crippen molar-refractivity contribution in [1.29, 1.82) is 0 Å². The molecule has 170 valence electrons. The topological polar surface area (TPSA) is 95.6 Å². The Kier molecular flexibility index (Phi) is 6.25. The van der Waals surface area contributed by atoms with Crippen molar-refractivity contribution in [3.8, 4) is 28.7 Å². The highest BCUT2D eigenvalue weighted by Gasteiger charge is 2.35. The standard InChI is InChI=1S/C23H26N2O7/c1-28-18-11-20(30-3)19(29-2)8-14(18)12-24-23(27)15-9-22(26)25(13-15)16-4-5-17-21(10-16)32-7-6-31-17/h4-5,8,10-11,15H,6-7,9,12-13H2,1-3H3,(H,24,27)/t15-/m1/s1. The number of methoxy groups -OCH3 is 3. The number of amides is 2. The Balaban J connectivity index is 1.42. The van der Waals surface area contributed by atoms with Crippen LogP contribution >= 0.6 is 0 Å². The van der Waals surface area contributed by atoms with E-state index in [2.05, 4.69) is 5.32 Å². The average Bonchev–Trinajstić information content (AvgIpc) is 3.23. The Labute approximate surface area is 186 Å². The molecule has 2 aromatic carbocycles. The quantitative estimate of drug-likeness (QED) is 0.702. The van der Waals surface area contributed by atoms with Gasteiger partial charge in [0.15, 0.2) is 23.0 Å². The molecule has 0 unspecified atom stereocenters. The highest BCUT2D eigenvalue weighted by atomic mass is 16.6. The maximum absolute atomic E-state index is 12.8. The fourth-order valence-corrected chi connectivity index (χ4v) is 3.89. The molecule has 4 rings (SSSR count). The molecule has 0 aromatic heterocycles. The van der Waals surface area contributed by atoms with Crippen molar-refractivity contribution in [1.82, 2.24) is 5.32 Å². The number of rotatable bonds is 7. The summed E-state index contributed by atoms with van der Waals surface area (Å²) in [5, 5.41) is 2.91. The molecule has 9 nitrogen and oxygen atoms in total. The van der Waals surface area contributed by atoms with Crippen LogP contribution < -0.4 is 33.9 Å². The summed E-state index contributed by atoms with van der Waals surface area (Å²) in [6.07, 6.45) is 0.142. The van der Waals surface area contributed by atoms with Gasteiger partial charge in [0.25, 0.3) is 0 Å². The highest BCUT2D eigenvalue weighted by molar-refractivity contribution is 6.00. The molecule has 2 heterocycles. The molecule has 1 N–H and O–H groups in total. The summed E-state index contributed by atoms with van der Waals surface area (Å²) in [6.45, 7) is 1.50. The minimum absolute atomic E-state index is 0.106. The zero-order valence-electron chi connectivity index (χ0n) is 18.3. The molecule has 1 atom stereocenters. The summed E-state index contributed by atoms with van der Waals surface area (Å²) in [6, 6.07) is 8.84. The van der Waals surface area contributed by atoms with Crippen LogP contribution in [-0.4, -0.2) is 52.9 Å². The molecule has 1 fully saturated rings. The number of benzene rings is 2. The Morgan fingerprint density at radius 2 is 1.69 bits per heavy atom. The lowest BCUT2D eigenvalue weighted by Crippen LogP contribution is -2.32. The van der Waals surface area contributed by atoms with Crippen molar-refractivity contribution < 1.29 is 33.3 Å². The molecule has 0 saturated carbocycles. The van der Waals surface area contributed by atoms with E-state index in [0.29, 0.717) is 54.2 Å². The number of carbonyl (C=O) groups is 2. The van der Waals surface area contributed by atoms with Gasteiger partial charge in [-0.1, -0.05) is 0 Å². The van der Waals surface area contributed by atoms with E-state index < -0.39 is 5.92 Å². The van der Waals surface area contributed by atoms with Crippen LogP contribution in [0.1, 0.15) is 12.0 Å². The van der Waals surface area contributed by atoms with Gasteiger partial charge in [-0.25, -0.2) is 0 Å². The van der Waals surface area contributed by atoms with Crippen LogP contribution in [-0.2, 0) is 16.1 Å². The summed E-state index contributed by atoms with van der Waals surface area (Å²) < 4.78 is 27.2. The zero-order chi connectivity index (χ0) is 22.7. The number of anilines is 1. The summed E-state index contributed by atoms with van der Waals surface area (Å²) in [7, 11) is 4.64. The van der Waals surface area contributed by atoms with Crippen LogP contribution in [0.15, 0.2) is 30.3 Å². The molecular weight excluding hydrogens is 416 g/mol. The zero-order valence-corrected chi connectivity index (χ0v) is 18.3. The van der Waals surface area contributed by atoms with Crippen molar-refractivity contribution >= 4 is 17.5 Å². The largest absolute Gasteiger partial charge is 0.496 e. The second-order valence-electron chi connectivity index (χ2n) is 7.47. The molecule has 2 aromatic rings. The normalized spacial score (nSPS) is 17.2. The summed E-state index contributed by atoms with van der Waals surface area (Å²) >= 11 is 0. The summed E-state index contributed by atoms with van der Waals surface area (Å²) in [5.74, 6) is 2.15. The molecule has 0 spiro atoms. The number of fused-ring (bicyclic) bond motifs is 1. The van der Waals surface area contributed by atoms with Gasteiger partial charge >= 0.3 is 0 Å².